The smallest absolute Gasteiger partial charge is 0.293 e. The Hall–Kier alpha value is -1.71. The van der Waals surface area contributed by atoms with Crippen molar-refractivity contribution in [3.8, 4) is 0 Å². The molecule has 0 aliphatic carbocycles. The van der Waals surface area contributed by atoms with Gasteiger partial charge in [-0.2, -0.15) is 4.31 Å². The Kier molecular flexibility index (Phi) is 4.45. The van der Waals surface area contributed by atoms with Crippen LogP contribution in [0.2, 0.25) is 0 Å². The van der Waals surface area contributed by atoms with Crippen LogP contribution >= 0.6 is 0 Å². The van der Waals surface area contributed by atoms with Crippen molar-refractivity contribution >= 4 is 21.4 Å². The van der Waals surface area contributed by atoms with E-state index >= 15 is 0 Å². The highest BCUT2D eigenvalue weighted by atomic mass is 32.2. The monoisotopic (exact) mass is 315 g/mol. The largest absolute Gasteiger partial charge is 0.383 e. The van der Waals surface area contributed by atoms with Crippen molar-refractivity contribution in [3.63, 3.8) is 0 Å². The van der Waals surface area contributed by atoms with Crippen molar-refractivity contribution in [2.75, 3.05) is 38.7 Å². The second kappa shape index (κ2) is 5.96. The summed E-state index contributed by atoms with van der Waals surface area (Å²) in [4.78, 5) is 10.5. The number of sulfonamides is 1. The lowest BCUT2D eigenvalue weighted by Crippen LogP contribution is -2.40. The minimum Gasteiger partial charge on any atom is -0.383 e. The summed E-state index contributed by atoms with van der Waals surface area (Å²) in [5.41, 5.74) is 0.504. The van der Waals surface area contributed by atoms with Crippen molar-refractivity contribution in [1.82, 2.24) is 4.31 Å². The summed E-state index contributed by atoms with van der Waals surface area (Å²) in [5, 5.41) is 13.8. The number of hydrogen-bond acceptors (Lipinski definition) is 6. The van der Waals surface area contributed by atoms with Crippen LogP contribution in [-0.4, -0.2) is 51.0 Å². The molecule has 21 heavy (non-hydrogen) atoms. The van der Waals surface area contributed by atoms with E-state index in [-0.39, 0.29) is 23.7 Å². The van der Waals surface area contributed by atoms with E-state index in [0.29, 0.717) is 24.5 Å². The molecular formula is C12H17N3O5S. The number of morpholine rings is 1. The number of nitrogens with one attached hydrogen (secondary N) is 1. The summed E-state index contributed by atoms with van der Waals surface area (Å²) in [5.74, 6) is 0. The van der Waals surface area contributed by atoms with Crippen LogP contribution in [0, 0.1) is 17.0 Å². The van der Waals surface area contributed by atoms with Crippen LogP contribution < -0.4 is 5.32 Å². The van der Waals surface area contributed by atoms with Gasteiger partial charge < -0.3 is 10.1 Å². The lowest BCUT2D eigenvalue weighted by atomic mass is 10.2. The Balaban J connectivity index is 2.52. The van der Waals surface area contributed by atoms with Crippen LogP contribution in [-0.2, 0) is 14.8 Å². The molecule has 0 bridgehead atoms. The van der Waals surface area contributed by atoms with Gasteiger partial charge in [0.25, 0.3) is 5.69 Å². The minimum atomic E-state index is -3.75. The van der Waals surface area contributed by atoms with Gasteiger partial charge in [-0.05, 0) is 18.6 Å². The second-order valence-corrected chi connectivity index (χ2v) is 6.56. The van der Waals surface area contributed by atoms with Gasteiger partial charge in [-0.15, -0.1) is 0 Å². The van der Waals surface area contributed by atoms with Gasteiger partial charge in [0, 0.05) is 26.2 Å². The fraction of sp³-hybridized carbons (Fsp3) is 0.500. The highest BCUT2D eigenvalue weighted by Crippen LogP contribution is 2.31. The van der Waals surface area contributed by atoms with Crippen LogP contribution in [0.4, 0.5) is 11.4 Å². The van der Waals surface area contributed by atoms with E-state index in [1.807, 2.05) is 0 Å². The number of anilines is 1. The fourth-order valence-electron chi connectivity index (χ4n) is 2.23. The first-order valence-electron chi connectivity index (χ1n) is 6.42. The number of nitro benzene ring substituents is 1. The molecule has 1 fully saturated rings. The van der Waals surface area contributed by atoms with Crippen LogP contribution in [0.5, 0.6) is 0 Å². The zero-order valence-electron chi connectivity index (χ0n) is 11.8. The zero-order chi connectivity index (χ0) is 15.6. The summed E-state index contributed by atoms with van der Waals surface area (Å²) in [6, 6.07) is 2.59. The summed E-state index contributed by atoms with van der Waals surface area (Å²) in [6.45, 7) is 2.79. The molecule has 0 spiro atoms. The van der Waals surface area contributed by atoms with Crippen LogP contribution in [0.15, 0.2) is 17.0 Å². The molecule has 0 amide bonds. The predicted octanol–water partition coefficient (Wildman–Crippen LogP) is 0.966. The Bertz CT molecular complexity index is 653. The lowest BCUT2D eigenvalue weighted by molar-refractivity contribution is -0.384. The molecule has 0 radical (unpaired) electrons. The van der Waals surface area contributed by atoms with Gasteiger partial charge in [0.2, 0.25) is 10.0 Å². The van der Waals surface area contributed by atoms with Crippen LogP contribution in [0.3, 0.4) is 0 Å². The average molecular weight is 315 g/mol. The predicted molar refractivity (Wildman–Crippen MR) is 77.0 cm³/mol. The van der Waals surface area contributed by atoms with Crippen molar-refractivity contribution in [2.45, 2.75) is 11.8 Å². The van der Waals surface area contributed by atoms with E-state index in [4.69, 9.17) is 4.74 Å². The molecule has 1 heterocycles. The number of rotatable bonds is 4. The molecule has 0 unspecified atom stereocenters. The first-order valence-corrected chi connectivity index (χ1v) is 7.86. The minimum absolute atomic E-state index is 0.0323. The molecule has 1 saturated heterocycles. The summed E-state index contributed by atoms with van der Waals surface area (Å²) < 4.78 is 31.6. The molecule has 8 nitrogen and oxygen atoms in total. The van der Waals surface area contributed by atoms with Crippen molar-refractivity contribution in [2.24, 2.45) is 0 Å². The maximum atomic E-state index is 12.6. The van der Waals surface area contributed by atoms with Gasteiger partial charge >= 0.3 is 0 Å². The number of aryl methyl sites for hydroxylation is 1. The van der Waals surface area contributed by atoms with E-state index in [2.05, 4.69) is 5.32 Å². The fourth-order valence-corrected chi connectivity index (χ4v) is 3.87. The standard InChI is InChI=1S/C12H17N3O5S/c1-9-7-10(13-2)11(15(16)17)8-12(9)21(18,19)14-3-5-20-6-4-14/h7-8,13H,3-6H2,1-2H3. The van der Waals surface area contributed by atoms with E-state index in [0.717, 1.165) is 6.07 Å². The van der Waals surface area contributed by atoms with Gasteiger partial charge in [0.1, 0.15) is 5.69 Å². The van der Waals surface area contributed by atoms with Gasteiger partial charge in [-0.3, -0.25) is 10.1 Å². The summed E-state index contributed by atoms with van der Waals surface area (Å²) in [6.07, 6.45) is 0. The quantitative estimate of drug-likeness (QED) is 0.656. The number of hydrogen-bond donors (Lipinski definition) is 1. The highest BCUT2D eigenvalue weighted by molar-refractivity contribution is 7.89. The van der Waals surface area contributed by atoms with Gasteiger partial charge in [-0.25, -0.2) is 8.42 Å². The van der Waals surface area contributed by atoms with E-state index in [9.17, 15) is 18.5 Å². The Morgan fingerprint density at radius 2 is 1.95 bits per heavy atom. The average Bonchev–Trinajstić information content (AvgIpc) is 2.47. The molecule has 2 rings (SSSR count). The molecule has 0 aromatic heterocycles. The lowest BCUT2D eigenvalue weighted by Gasteiger charge is -2.26. The SMILES string of the molecule is CNc1cc(C)c(S(=O)(=O)N2CCOCC2)cc1[N+](=O)[O-]. The van der Waals surface area contributed by atoms with Gasteiger partial charge in [-0.1, -0.05) is 0 Å². The van der Waals surface area contributed by atoms with Crippen molar-refractivity contribution in [3.05, 3.63) is 27.8 Å². The first kappa shape index (κ1) is 15.7. The number of benzene rings is 1. The molecule has 1 aliphatic rings. The van der Waals surface area contributed by atoms with Crippen molar-refractivity contribution < 1.29 is 18.1 Å². The van der Waals surface area contributed by atoms with E-state index in [1.165, 1.54) is 10.4 Å². The third kappa shape index (κ3) is 2.99. The van der Waals surface area contributed by atoms with Crippen molar-refractivity contribution in [1.29, 1.82) is 0 Å². The van der Waals surface area contributed by atoms with Gasteiger partial charge in [0.05, 0.1) is 23.0 Å². The second-order valence-electron chi connectivity index (χ2n) is 4.66. The molecule has 1 aromatic rings. The molecule has 1 aliphatic heterocycles. The molecule has 0 atom stereocenters. The maximum Gasteiger partial charge on any atom is 0.293 e. The zero-order valence-corrected chi connectivity index (χ0v) is 12.6. The van der Waals surface area contributed by atoms with Crippen LogP contribution in [0.25, 0.3) is 0 Å². The summed E-state index contributed by atoms with van der Waals surface area (Å²) >= 11 is 0. The summed E-state index contributed by atoms with van der Waals surface area (Å²) in [7, 11) is -2.20. The third-order valence-electron chi connectivity index (χ3n) is 3.35. The molecule has 1 N–H and O–H groups in total. The third-order valence-corrected chi connectivity index (χ3v) is 5.39. The molecule has 1 aromatic carbocycles. The Morgan fingerprint density at radius 3 is 2.48 bits per heavy atom. The maximum absolute atomic E-state index is 12.6. The number of nitro groups is 1. The molecule has 0 saturated carbocycles. The number of nitrogens with zero attached hydrogens (tertiary/aromatic N) is 2. The Labute approximate surface area is 122 Å². The molecular weight excluding hydrogens is 298 g/mol. The normalized spacial score (nSPS) is 16.7. The number of ether oxygens (including phenoxy) is 1. The van der Waals surface area contributed by atoms with Gasteiger partial charge in [0.15, 0.2) is 0 Å². The Morgan fingerprint density at radius 1 is 1.33 bits per heavy atom. The topological polar surface area (TPSA) is 102 Å². The van der Waals surface area contributed by atoms with Crippen LogP contribution in [0.1, 0.15) is 5.56 Å². The van der Waals surface area contributed by atoms with E-state index in [1.54, 1.807) is 14.0 Å². The molecule has 116 valence electrons. The first-order chi connectivity index (χ1) is 9.87. The van der Waals surface area contributed by atoms with E-state index < -0.39 is 14.9 Å². The highest BCUT2D eigenvalue weighted by Gasteiger charge is 2.30. The molecule has 9 heteroatoms.